The first-order valence-corrected chi connectivity index (χ1v) is 13.2. The SMILES string of the molecule is C#CCCCOc1nc(-c2cc3c(c(OCCCC=C)n2)CCCCC3)cc2c1CCCCC2. The van der Waals surface area contributed by atoms with Crippen LogP contribution in [0, 0.1) is 12.3 Å². The van der Waals surface area contributed by atoms with Gasteiger partial charge >= 0.3 is 0 Å². The molecular weight excluding hydrogens is 420 g/mol. The van der Waals surface area contributed by atoms with Gasteiger partial charge in [-0.05, 0) is 93.9 Å². The van der Waals surface area contributed by atoms with Crippen LogP contribution < -0.4 is 9.47 Å². The molecule has 0 saturated carbocycles. The molecule has 4 nitrogen and oxygen atoms in total. The highest BCUT2D eigenvalue weighted by Gasteiger charge is 2.21. The molecule has 0 amide bonds. The van der Waals surface area contributed by atoms with Gasteiger partial charge in [0.15, 0.2) is 0 Å². The summed E-state index contributed by atoms with van der Waals surface area (Å²) in [6.07, 6.45) is 22.4. The highest BCUT2D eigenvalue weighted by atomic mass is 16.5. The third-order valence-electron chi connectivity index (χ3n) is 6.86. The zero-order valence-corrected chi connectivity index (χ0v) is 20.5. The second-order valence-electron chi connectivity index (χ2n) is 9.46. The molecule has 0 radical (unpaired) electrons. The average molecular weight is 459 g/mol. The maximum atomic E-state index is 6.24. The molecule has 2 heterocycles. The number of hydrogen-bond donors (Lipinski definition) is 0. The molecule has 180 valence electrons. The molecule has 0 fully saturated rings. The van der Waals surface area contributed by atoms with E-state index in [1.807, 2.05) is 6.08 Å². The van der Waals surface area contributed by atoms with Gasteiger partial charge in [-0.2, -0.15) is 0 Å². The Kier molecular flexibility index (Phi) is 9.02. The normalized spacial score (nSPS) is 15.3. The van der Waals surface area contributed by atoms with Crippen LogP contribution in [0.15, 0.2) is 24.8 Å². The second kappa shape index (κ2) is 12.6. The Hall–Kier alpha value is -2.80. The van der Waals surface area contributed by atoms with E-state index in [-0.39, 0.29) is 0 Å². The minimum atomic E-state index is 0.600. The Balaban J connectivity index is 1.70. The maximum Gasteiger partial charge on any atom is 0.217 e. The molecule has 2 aliphatic carbocycles. The fourth-order valence-electron chi connectivity index (χ4n) is 5.01. The van der Waals surface area contributed by atoms with E-state index in [0.717, 1.165) is 74.5 Å². The van der Waals surface area contributed by atoms with Crippen molar-refractivity contribution in [2.45, 2.75) is 89.9 Å². The number of allylic oxidation sites excluding steroid dienone is 1. The van der Waals surface area contributed by atoms with Crippen LogP contribution >= 0.6 is 0 Å². The monoisotopic (exact) mass is 458 g/mol. The second-order valence-corrected chi connectivity index (χ2v) is 9.46. The van der Waals surface area contributed by atoms with Crippen molar-refractivity contribution in [3.05, 3.63) is 47.0 Å². The van der Waals surface area contributed by atoms with E-state index in [9.17, 15) is 0 Å². The van der Waals surface area contributed by atoms with Crippen molar-refractivity contribution in [1.29, 1.82) is 0 Å². The van der Waals surface area contributed by atoms with Gasteiger partial charge in [0, 0.05) is 17.5 Å². The third kappa shape index (κ3) is 6.20. The minimum Gasteiger partial charge on any atom is -0.477 e. The van der Waals surface area contributed by atoms with Crippen molar-refractivity contribution in [3.8, 4) is 35.5 Å². The first-order chi connectivity index (χ1) is 16.8. The van der Waals surface area contributed by atoms with E-state index in [1.165, 1.54) is 60.8 Å². The molecule has 4 heteroatoms. The number of pyridine rings is 2. The summed E-state index contributed by atoms with van der Waals surface area (Å²) in [7, 11) is 0. The third-order valence-corrected chi connectivity index (χ3v) is 6.86. The van der Waals surface area contributed by atoms with Crippen LogP contribution in [0.5, 0.6) is 11.8 Å². The summed E-state index contributed by atoms with van der Waals surface area (Å²) >= 11 is 0. The largest absolute Gasteiger partial charge is 0.477 e. The maximum absolute atomic E-state index is 6.24. The lowest BCUT2D eigenvalue weighted by atomic mass is 10.00. The summed E-state index contributed by atoms with van der Waals surface area (Å²) < 4.78 is 12.4. The highest BCUT2D eigenvalue weighted by molar-refractivity contribution is 5.61. The van der Waals surface area contributed by atoms with Gasteiger partial charge in [0.25, 0.3) is 0 Å². The number of unbranched alkanes of at least 4 members (excludes halogenated alkanes) is 2. The van der Waals surface area contributed by atoms with E-state index in [1.54, 1.807) is 0 Å². The molecule has 0 N–H and O–H groups in total. The van der Waals surface area contributed by atoms with Gasteiger partial charge in [-0.3, -0.25) is 0 Å². The molecule has 34 heavy (non-hydrogen) atoms. The van der Waals surface area contributed by atoms with Gasteiger partial charge in [-0.1, -0.05) is 18.9 Å². The number of terminal acetylenes is 1. The number of rotatable bonds is 10. The quantitative estimate of drug-likeness (QED) is 0.170. The fourth-order valence-corrected chi connectivity index (χ4v) is 5.01. The number of ether oxygens (including phenoxy) is 2. The van der Waals surface area contributed by atoms with E-state index < -0.39 is 0 Å². The standard InChI is InChI=1S/C30H38N2O2/c1-3-5-13-19-33-29-25-17-11-7-9-15-23(25)21-27(31-29)28-22-24-16-10-8-12-18-26(24)30(32-28)34-20-14-6-4-2/h1,4,21-22H,2,5-20H2. The highest BCUT2D eigenvalue weighted by Crippen LogP contribution is 2.35. The summed E-state index contributed by atoms with van der Waals surface area (Å²) in [5, 5.41) is 0. The molecule has 0 atom stereocenters. The molecule has 2 aromatic rings. The van der Waals surface area contributed by atoms with Gasteiger partial charge in [-0.25, -0.2) is 9.97 Å². The van der Waals surface area contributed by atoms with Crippen molar-refractivity contribution in [1.82, 2.24) is 9.97 Å². The van der Waals surface area contributed by atoms with Crippen molar-refractivity contribution in [2.75, 3.05) is 13.2 Å². The Morgan fingerprint density at radius 2 is 1.32 bits per heavy atom. The molecule has 0 spiro atoms. The summed E-state index contributed by atoms with van der Waals surface area (Å²) in [4.78, 5) is 10.0. The average Bonchev–Trinajstić information content (AvgIpc) is 3.25. The molecule has 0 bridgehead atoms. The molecule has 2 aliphatic rings. The molecule has 0 aliphatic heterocycles. The van der Waals surface area contributed by atoms with Gasteiger partial charge in [0.2, 0.25) is 11.8 Å². The lowest BCUT2D eigenvalue weighted by molar-refractivity contribution is 0.296. The molecule has 2 aromatic heterocycles. The predicted octanol–water partition coefficient (Wildman–Crippen LogP) is 6.82. The molecule has 0 unspecified atom stereocenters. The van der Waals surface area contributed by atoms with Crippen LogP contribution in [0.1, 0.15) is 86.5 Å². The zero-order chi connectivity index (χ0) is 23.6. The number of aryl methyl sites for hydroxylation is 2. The van der Waals surface area contributed by atoms with Crippen LogP contribution in [0.4, 0.5) is 0 Å². The summed E-state index contributed by atoms with van der Waals surface area (Å²) in [6, 6.07) is 4.51. The summed E-state index contributed by atoms with van der Waals surface area (Å²) in [5.74, 6) is 4.27. The Labute approximate surface area is 205 Å². The van der Waals surface area contributed by atoms with Crippen LogP contribution in [0.2, 0.25) is 0 Å². The Bertz CT molecular complexity index is 1020. The number of fused-ring (bicyclic) bond motifs is 2. The van der Waals surface area contributed by atoms with Crippen molar-refractivity contribution >= 4 is 0 Å². The van der Waals surface area contributed by atoms with E-state index in [4.69, 9.17) is 25.9 Å². The fraction of sp³-hybridized carbons (Fsp3) is 0.533. The summed E-state index contributed by atoms with van der Waals surface area (Å²) in [5.41, 5.74) is 7.10. The Morgan fingerprint density at radius 3 is 1.85 bits per heavy atom. The smallest absolute Gasteiger partial charge is 0.217 e. The van der Waals surface area contributed by atoms with Crippen LogP contribution in [0.25, 0.3) is 11.4 Å². The topological polar surface area (TPSA) is 44.2 Å². The molecule has 0 saturated heterocycles. The lowest BCUT2D eigenvalue weighted by Gasteiger charge is -2.17. The molecule has 4 rings (SSSR count). The molecule has 0 aromatic carbocycles. The predicted molar refractivity (Wildman–Crippen MR) is 138 cm³/mol. The first-order valence-electron chi connectivity index (χ1n) is 13.2. The van der Waals surface area contributed by atoms with Crippen molar-refractivity contribution < 1.29 is 9.47 Å². The minimum absolute atomic E-state index is 0.600. The van der Waals surface area contributed by atoms with Crippen LogP contribution in [-0.2, 0) is 25.7 Å². The van der Waals surface area contributed by atoms with E-state index >= 15 is 0 Å². The number of aromatic nitrogens is 2. The zero-order valence-electron chi connectivity index (χ0n) is 20.5. The van der Waals surface area contributed by atoms with Gasteiger partial charge in [0.05, 0.1) is 24.6 Å². The van der Waals surface area contributed by atoms with Crippen LogP contribution in [-0.4, -0.2) is 23.2 Å². The van der Waals surface area contributed by atoms with Crippen molar-refractivity contribution in [2.24, 2.45) is 0 Å². The van der Waals surface area contributed by atoms with E-state index in [2.05, 4.69) is 24.6 Å². The van der Waals surface area contributed by atoms with Gasteiger partial charge in [-0.15, -0.1) is 18.9 Å². The Morgan fingerprint density at radius 1 is 0.794 bits per heavy atom. The van der Waals surface area contributed by atoms with E-state index in [0.29, 0.717) is 13.2 Å². The molecular formula is C30H38N2O2. The van der Waals surface area contributed by atoms with Crippen molar-refractivity contribution in [3.63, 3.8) is 0 Å². The van der Waals surface area contributed by atoms with Gasteiger partial charge < -0.3 is 9.47 Å². The lowest BCUT2D eigenvalue weighted by Crippen LogP contribution is -2.08. The van der Waals surface area contributed by atoms with Crippen LogP contribution in [0.3, 0.4) is 0 Å². The number of hydrogen-bond acceptors (Lipinski definition) is 4. The first kappa shape index (κ1) is 24.3. The summed E-state index contributed by atoms with van der Waals surface area (Å²) in [6.45, 7) is 5.08. The van der Waals surface area contributed by atoms with Gasteiger partial charge in [0.1, 0.15) is 0 Å². The number of nitrogens with zero attached hydrogens (tertiary/aromatic N) is 2.